The lowest BCUT2D eigenvalue weighted by Gasteiger charge is -2.34. The molecule has 1 fully saturated rings. The minimum atomic E-state index is 0.197. The first kappa shape index (κ1) is 14.1. The van der Waals surface area contributed by atoms with Gasteiger partial charge in [-0.3, -0.25) is 9.69 Å². The summed E-state index contributed by atoms with van der Waals surface area (Å²) in [6.07, 6.45) is 0. The Morgan fingerprint density at radius 3 is 2.05 bits per heavy atom. The lowest BCUT2D eigenvalue weighted by molar-refractivity contribution is -0.130. The number of benzene rings is 1. The van der Waals surface area contributed by atoms with Gasteiger partial charge in [-0.25, -0.2) is 0 Å². The van der Waals surface area contributed by atoms with Crippen LogP contribution in [0.1, 0.15) is 29.2 Å². The van der Waals surface area contributed by atoms with Crippen LogP contribution in [0.2, 0.25) is 0 Å². The minimum absolute atomic E-state index is 0.197. The van der Waals surface area contributed by atoms with E-state index < -0.39 is 0 Å². The Balaban J connectivity index is 2.02. The van der Waals surface area contributed by atoms with Gasteiger partial charge in [0.25, 0.3) is 0 Å². The average Bonchev–Trinajstić information content (AvgIpc) is 2.34. The van der Waals surface area contributed by atoms with E-state index in [-0.39, 0.29) is 5.91 Å². The summed E-state index contributed by atoms with van der Waals surface area (Å²) in [4.78, 5) is 15.7. The van der Waals surface area contributed by atoms with Crippen LogP contribution in [0.25, 0.3) is 0 Å². The molecule has 104 valence electrons. The monoisotopic (exact) mass is 260 g/mol. The zero-order valence-corrected chi connectivity index (χ0v) is 12.5. The van der Waals surface area contributed by atoms with Crippen molar-refractivity contribution in [3.63, 3.8) is 0 Å². The maximum Gasteiger partial charge on any atom is 0.219 e. The van der Waals surface area contributed by atoms with Gasteiger partial charge in [0.1, 0.15) is 0 Å². The van der Waals surface area contributed by atoms with Crippen molar-refractivity contribution in [2.45, 2.75) is 34.2 Å². The van der Waals surface area contributed by atoms with Gasteiger partial charge in [-0.05, 0) is 37.5 Å². The fourth-order valence-corrected chi connectivity index (χ4v) is 2.90. The van der Waals surface area contributed by atoms with E-state index in [0.717, 1.165) is 32.7 Å². The van der Waals surface area contributed by atoms with Gasteiger partial charge in [0, 0.05) is 39.6 Å². The molecule has 19 heavy (non-hydrogen) atoms. The fourth-order valence-electron chi connectivity index (χ4n) is 2.90. The van der Waals surface area contributed by atoms with Gasteiger partial charge in [-0.1, -0.05) is 17.7 Å². The molecule has 3 heteroatoms. The maximum atomic E-state index is 11.3. The Labute approximate surface area is 116 Å². The molecule has 1 aromatic rings. The first-order valence-corrected chi connectivity index (χ1v) is 7.02. The Kier molecular flexibility index (Phi) is 4.25. The van der Waals surface area contributed by atoms with Crippen LogP contribution >= 0.6 is 0 Å². The van der Waals surface area contributed by atoms with Crippen molar-refractivity contribution in [1.29, 1.82) is 0 Å². The summed E-state index contributed by atoms with van der Waals surface area (Å²) in [5.41, 5.74) is 5.54. The van der Waals surface area contributed by atoms with E-state index >= 15 is 0 Å². The van der Waals surface area contributed by atoms with E-state index in [0.29, 0.717) is 0 Å². The second kappa shape index (κ2) is 5.74. The molecular formula is C16H24N2O. The van der Waals surface area contributed by atoms with Gasteiger partial charge in [-0.15, -0.1) is 0 Å². The summed E-state index contributed by atoms with van der Waals surface area (Å²) in [5.74, 6) is 0.197. The molecule has 0 atom stereocenters. The smallest absolute Gasteiger partial charge is 0.219 e. The first-order valence-electron chi connectivity index (χ1n) is 7.02. The minimum Gasteiger partial charge on any atom is -0.340 e. The number of aryl methyl sites for hydroxylation is 3. The van der Waals surface area contributed by atoms with E-state index in [1.54, 1.807) is 6.92 Å². The maximum absolute atomic E-state index is 11.3. The summed E-state index contributed by atoms with van der Waals surface area (Å²) < 4.78 is 0. The number of carbonyl (C=O) groups is 1. The first-order chi connectivity index (χ1) is 8.97. The number of hydrogen-bond acceptors (Lipinski definition) is 2. The Morgan fingerprint density at radius 2 is 1.58 bits per heavy atom. The molecular weight excluding hydrogens is 236 g/mol. The third kappa shape index (κ3) is 3.35. The highest BCUT2D eigenvalue weighted by Gasteiger charge is 2.19. The molecule has 0 bridgehead atoms. The van der Waals surface area contributed by atoms with Crippen LogP contribution in [-0.2, 0) is 11.3 Å². The summed E-state index contributed by atoms with van der Waals surface area (Å²) in [6, 6.07) is 4.52. The predicted octanol–water partition coefficient (Wildman–Crippen LogP) is 2.28. The van der Waals surface area contributed by atoms with E-state index in [1.807, 2.05) is 4.90 Å². The zero-order chi connectivity index (χ0) is 14.0. The number of hydrogen-bond donors (Lipinski definition) is 0. The van der Waals surface area contributed by atoms with Gasteiger partial charge in [0.2, 0.25) is 5.91 Å². The fraction of sp³-hybridized carbons (Fsp3) is 0.562. The lowest BCUT2D eigenvalue weighted by Crippen LogP contribution is -2.47. The second-order valence-electron chi connectivity index (χ2n) is 5.66. The molecule has 1 saturated heterocycles. The molecule has 1 aliphatic rings. The van der Waals surface area contributed by atoms with Crippen molar-refractivity contribution in [1.82, 2.24) is 9.80 Å². The van der Waals surface area contributed by atoms with Crippen LogP contribution in [0.15, 0.2) is 12.1 Å². The molecule has 2 rings (SSSR count). The Hall–Kier alpha value is -1.35. The van der Waals surface area contributed by atoms with Crippen molar-refractivity contribution in [2.75, 3.05) is 26.2 Å². The van der Waals surface area contributed by atoms with E-state index in [4.69, 9.17) is 0 Å². The van der Waals surface area contributed by atoms with E-state index in [2.05, 4.69) is 37.8 Å². The zero-order valence-electron chi connectivity index (χ0n) is 12.5. The number of amides is 1. The second-order valence-corrected chi connectivity index (χ2v) is 5.66. The number of nitrogens with zero attached hydrogens (tertiary/aromatic N) is 2. The van der Waals surface area contributed by atoms with Crippen molar-refractivity contribution in [3.8, 4) is 0 Å². The largest absolute Gasteiger partial charge is 0.340 e. The predicted molar refractivity (Wildman–Crippen MR) is 78.2 cm³/mol. The van der Waals surface area contributed by atoms with Crippen LogP contribution < -0.4 is 0 Å². The van der Waals surface area contributed by atoms with Crippen molar-refractivity contribution >= 4 is 5.91 Å². The molecule has 1 aliphatic heterocycles. The third-order valence-corrected chi connectivity index (χ3v) is 4.04. The molecule has 0 unspecified atom stereocenters. The van der Waals surface area contributed by atoms with Gasteiger partial charge in [0.05, 0.1) is 0 Å². The molecule has 0 saturated carbocycles. The van der Waals surface area contributed by atoms with Gasteiger partial charge in [-0.2, -0.15) is 0 Å². The number of rotatable bonds is 2. The summed E-state index contributed by atoms with van der Waals surface area (Å²) in [7, 11) is 0. The SMILES string of the molecule is CC(=O)N1CCN(Cc2c(C)cc(C)cc2C)CC1. The summed E-state index contributed by atoms with van der Waals surface area (Å²) in [5, 5.41) is 0. The van der Waals surface area contributed by atoms with Crippen molar-refractivity contribution in [2.24, 2.45) is 0 Å². The molecule has 0 aromatic heterocycles. The van der Waals surface area contributed by atoms with E-state index in [9.17, 15) is 4.79 Å². The third-order valence-electron chi connectivity index (χ3n) is 4.04. The topological polar surface area (TPSA) is 23.6 Å². The van der Waals surface area contributed by atoms with Gasteiger partial charge >= 0.3 is 0 Å². The molecule has 0 spiro atoms. The quantitative estimate of drug-likeness (QED) is 0.814. The highest BCUT2D eigenvalue weighted by Crippen LogP contribution is 2.19. The molecule has 0 aliphatic carbocycles. The van der Waals surface area contributed by atoms with Crippen LogP contribution in [0.4, 0.5) is 0 Å². The number of carbonyl (C=O) groups excluding carboxylic acids is 1. The van der Waals surface area contributed by atoms with Gasteiger partial charge < -0.3 is 4.90 Å². The van der Waals surface area contributed by atoms with E-state index in [1.165, 1.54) is 22.3 Å². The van der Waals surface area contributed by atoms with Crippen molar-refractivity contribution < 1.29 is 4.79 Å². The Bertz CT molecular complexity index is 451. The Morgan fingerprint density at radius 1 is 1.05 bits per heavy atom. The molecule has 0 radical (unpaired) electrons. The summed E-state index contributed by atoms with van der Waals surface area (Å²) in [6.45, 7) is 12.9. The highest BCUT2D eigenvalue weighted by molar-refractivity contribution is 5.73. The molecule has 1 amide bonds. The van der Waals surface area contributed by atoms with Crippen LogP contribution in [0.5, 0.6) is 0 Å². The normalized spacial score (nSPS) is 16.7. The van der Waals surface area contributed by atoms with Crippen LogP contribution in [0, 0.1) is 20.8 Å². The lowest BCUT2D eigenvalue weighted by atomic mass is 9.99. The number of piperazine rings is 1. The molecule has 1 aromatic carbocycles. The summed E-state index contributed by atoms with van der Waals surface area (Å²) >= 11 is 0. The van der Waals surface area contributed by atoms with Crippen LogP contribution in [-0.4, -0.2) is 41.9 Å². The van der Waals surface area contributed by atoms with Crippen LogP contribution in [0.3, 0.4) is 0 Å². The molecule has 3 nitrogen and oxygen atoms in total. The molecule has 0 N–H and O–H groups in total. The molecule has 1 heterocycles. The average molecular weight is 260 g/mol. The highest BCUT2D eigenvalue weighted by atomic mass is 16.2. The van der Waals surface area contributed by atoms with Gasteiger partial charge in [0.15, 0.2) is 0 Å². The van der Waals surface area contributed by atoms with Crippen molar-refractivity contribution in [3.05, 3.63) is 34.4 Å². The standard InChI is InChI=1S/C16H24N2O/c1-12-9-13(2)16(14(3)10-12)11-17-5-7-18(8-6-17)15(4)19/h9-10H,5-8,11H2,1-4H3.